The molecule has 0 aliphatic heterocycles. The number of halogens is 2. The van der Waals surface area contributed by atoms with Crippen LogP contribution in [0.15, 0.2) is 42.5 Å². The van der Waals surface area contributed by atoms with Crippen molar-refractivity contribution in [3.63, 3.8) is 0 Å². The number of benzene rings is 2. The van der Waals surface area contributed by atoms with Crippen LogP contribution in [0.25, 0.3) is 22.2 Å². The summed E-state index contributed by atoms with van der Waals surface area (Å²) in [5.74, 6) is 0. The van der Waals surface area contributed by atoms with Gasteiger partial charge in [0.1, 0.15) is 0 Å². The van der Waals surface area contributed by atoms with Gasteiger partial charge in [0.2, 0.25) is 0 Å². The summed E-state index contributed by atoms with van der Waals surface area (Å²) in [5.41, 5.74) is 4.50. The van der Waals surface area contributed by atoms with E-state index in [2.05, 4.69) is 36.2 Å². The van der Waals surface area contributed by atoms with Crippen LogP contribution in [0.5, 0.6) is 0 Å². The maximum absolute atomic E-state index is 6.05. The fourth-order valence-electron chi connectivity index (χ4n) is 2.13. The number of H-pyrrole nitrogens is 1. The SMILES string of the molecule is Cc1cccc2cc(-c3ccc(Cl)c(Cl)c3)[nH]c12. The number of fused-ring (bicyclic) bond motifs is 1. The fourth-order valence-corrected chi connectivity index (χ4v) is 2.43. The first-order valence-corrected chi connectivity index (χ1v) is 6.44. The molecule has 0 amide bonds. The monoisotopic (exact) mass is 275 g/mol. The molecule has 0 atom stereocenters. The van der Waals surface area contributed by atoms with Crippen LogP contribution < -0.4 is 0 Å². The summed E-state index contributed by atoms with van der Waals surface area (Å²) in [4.78, 5) is 3.43. The molecular weight excluding hydrogens is 265 g/mol. The molecule has 90 valence electrons. The first-order valence-electron chi connectivity index (χ1n) is 5.69. The maximum Gasteiger partial charge on any atom is 0.0599 e. The Morgan fingerprint density at radius 3 is 2.50 bits per heavy atom. The zero-order valence-electron chi connectivity index (χ0n) is 9.80. The summed E-state index contributed by atoms with van der Waals surface area (Å²) in [6.45, 7) is 2.09. The number of para-hydroxylation sites is 1. The van der Waals surface area contributed by atoms with E-state index < -0.39 is 0 Å². The van der Waals surface area contributed by atoms with Gasteiger partial charge in [-0.25, -0.2) is 0 Å². The lowest BCUT2D eigenvalue weighted by atomic mass is 10.1. The minimum Gasteiger partial charge on any atom is -0.354 e. The lowest BCUT2D eigenvalue weighted by Crippen LogP contribution is -1.79. The van der Waals surface area contributed by atoms with Crippen LogP contribution in [0.2, 0.25) is 10.0 Å². The lowest BCUT2D eigenvalue weighted by Gasteiger charge is -2.00. The molecule has 1 aromatic heterocycles. The maximum atomic E-state index is 6.05. The van der Waals surface area contributed by atoms with Crippen LogP contribution in [0.3, 0.4) is 0 Å². The van der Waals surface area contributed by atoms with E-state index in [0.29, 0.717) is 10.0 Å². The predicted octanol–water partition coefficient (Wildman–Crippen LogP) is 5.45. The Labute approximate surface area is 115 Å². The number of rotatable bonds is 1. The molecule has 0 saturated carbocycles. The van der Waals surface area contributed by atoms with Crippen molar-refractivity contribution in [2.45, 2.75) is 6.92 Å². The van der Waals surface area contributed by atoms with Crippen LogP contribution >= 0.6 is 23.2 Å². The Kier molecular flexibility index (Phi) is 2.81. The summed E-state index contributed by atoms with van der Waals surface area (Å²) >= 11 is 12.0. The van der Waals surface area contributed by atoms with Gasteiger partial charge in [0, 0.05) is 16.6 Å². The van der Waals surface area contributed by atoms with Gasteiger partial charge in [0.15, 0.2) is 0 Å². The minimum atomic E-state index is 0.574. The Balaban J connectivity index is 2.19. The molecule has 0 spiro atoms. The second-order valence-electron chi connectivity index (χ2n) is 4.35. The van der Waals surface area contributed by atoms with Crippen LogP contribution in [0.4, 0.5) is 0 Å². The van der Waals surface area contributed by atoms with Crippen molar-refractivity contribution in [1.29, 1.82) is 0 Å². The Morgan fingerprint density at radius 2 is 1.78 bits per heavy atom. The Hall–Kier alpha value is -1.44. The van der Waals surface area contributed by atoms with E-state index >= 15 is 0 Å². The van der Waals surface area contributed by atoms with Gasteiger partial charge >= 0.3 is 0 Å². The molecule has 1 N–H and O–H groups in total. The molecule has 1 heterocycles. The van der Waals surface area contributed by atoms with Crippen molar-refractivity contribution >= 4 is 34.1 Å². The molecule has 2 aromatic carbocycles. The third-order valence-electron chi connectivity index (χ3n) is 3.10. The highest BCUT2D eigenvalue weighted by Gasteiger charge is 2.06. The largest absolute Gasteiger partial charge is 0.354 e. The second-order valence-corrected chi connectivity index (χ2v) is 5.17. The normalized spacial score (nSPS) is 11.1. The van der Waals surface area contributed by atoms with Gasteiger partial charge in [0.25, 0.3) is 0 Å². The minimum absolute atomic E-state index is 0.574. The van der Waals surface area contributed by atoms with E-state index in [1.807, 2.05) is 18.2 Å². The number of aryl methyl sites for hydroxylation is 1. The van der Waals surface area contributed by atoms with Crippen molar-refractivity contribution in [2.24, 2.45) is 0 Å². The highest BCUT2D eigenvalue weighted by Crippen LogP contribution is 2.30. The number of aromatic amines is 1. The van der Waals surface area contributed by atoms with Gasteiger partial charge in [-0.1, -0.05) is 47.5 Å². The van der Waals surface area contributed by atoms with Crippen molar-refractivity contribution < 1.29 is 0 Å². The van der Waals surface area contributed by atoms with Crippen LogP contribution in [-0.2, 0) is 0 Å². The molecule has 0 radical (unpaired) electrons. The van der Waals surface area contributed by atoms with Gasteiger partial charge in [-0.05, 0) is 36.2 Å². The topological polar surface area (TPSA) is 15.8 Å². The zero-order chi connectivity index (χ0) is 12.7. The smallest absolute Gasteiger partial charge is 0.0599 e. The van der Waals surface area contributed by atoms with E-state index in [9.17, 15) is 0 Å². The highest BCUT2D eigenvalue weighted by molar-refractivity contribution is 6.42. The van der Waals surface area contributed by atoms with Crippen LogP contribution in [0, 0.1) is 6.92 Å². The van der Waals surface area contributed by atoms with E-state index in [1.54, 1.807) is 0 Å². The summed E-state index contributed by atoms with van der Waals surface area (Å²) in [7, 11) is 0. The molecule has 0 bridgehead atoms. The molecule has 0 unspecified atom stereocenters. The molecule has 3 aromatic rings. The molecule has 1 nitrogen and oxygen atoms in total. The van der Waals surface area contributed by atoms with E-state index in [-0.39, 0.29) is 0 Å². The van der Waals surface area contributed by atoms with Crippen molar-refractivity contribution in [1.82, 2.24) is 4.98 Å². The van der Waals surface area contributed by atoms with Crippen LogP contribution in [0.1, 0.15) is 5.56 Å². The van der Waals surface area contributed by atoms with E-state index in [0.717, 1.165) is 11.3 Å². The van der Waals surface area contributed by atoms with E-state index in [4.69, 9.17) is 23.2 Å². The first-order chi connectivity index (χ1) is 8.65. The fraction of sp³-hybridized carbons (Fsp3) is 0.0667. The molecule has 3 rings (SSSR count). The summed E-state index contributed by atoms with van der Waals surface area (Å²) < 4.78 is 0. The average molecular weight is 276 g/mol. The third-order valence-corrected chi connectivity index (χ3v) is 3.83. The molecular formula is C15H11Cl2N. The summed E-state index contributed by atoms with van der Waals surface area (Å²) in [6.07, 6.45) is 0. The number of hydrogen-bond acceptors (Lipinski definition) is 0. The zero-order valence-corrected chi connectivity index (χ0v) is 11.3. The quantitative estimate of drug-likeness (QED) is 0.608. The van der Waals surface area contributed by atoms with E-state index in [1.165, 1.54) is 16.5 Å². The number of hydrogen-bond donors (Lipinski definition) is 1. The standard InChI is InChI=1S/C15H11Cl2N/c1-9-3-2-4-11-8-14(18-15(9)11)10-5-6-12(16)13(17)7-10/h2-8,18H,1H3. The highest BCUT2D eigenvalue weighted by atomic mass is 35.5. The van der Waals surface area contributed by atoms with Crippen molar-refractivity contribution in [2.75, 3.05) is 0 Å². The summed E-state index contributed by atoms with van der Waals surface area (Å²) in [6, 6.07) is 14.0. The van der Waals surface area contributed by atoms with Gasteiger partial charge in [0.05, 0.1) is 10.0 Å². The second kappa shape index (κ2) is 4.34. The predicted molar refractivity (Wildman–Crippen MR) is 78.5 cm³/mol. The van der Waals surface area contributed by atoms with Gasteiger partial charge in [-0.2, -0.15) is 0 Å². The average Bonchev–Trinajstić information content (AvgIpc) is 2.78. The van der Waals surface area contributed by atoms with Gasteiger partial charge in [-0.15, -0.1) is 0 Å². The number of nitrogens with one attached hydrogen (secondary N) is 1. The molecule has 0 saturated heterocycles. The summed E-state index contributed by atoms with van der Waals surface area (Å²) in [5, 5.41) is 2.35. The van der Waals surface area contributed by atoms with Crippen LogP contribution in [-0.4, -0.2) is 4.98 Å². The first kappa shape index (κ1) is 11.6. The van der Waals surface area contributed by atoms with Gasteiger partial charge < -0.3 is 4.98 Å². The third kappa shape index (κ3) is 1.90. The molecule has 0 fully saturated rings. The molecule has 3 heteroatoms. The van der Waals surface area contributed by atoms with Gasteiger partial charge in [-0.3, -0.25) is 0 Å². The lowest BCUT2D eigenvalue weighted by molar-refractivity contribution is 1.41. The van der Waals surface area contributed by atoms with Crippen molar-refractivity contribution in [3.8, 4) is 11.3 Å². The Morgan fingerprint density at radius 1 is 0.944 bits per heavy atom. The molecule has 0 aliphatic carbocycles. The van der Waals surface area contributed by atoms with Crippen molar-refractivity contribution in [3.05, 3.63) is 58.1 Å². The number of aromatic nitrogens is 1. The molecule has 0 aliphatic rings. The molecule has 18 heavy (non-hydrogen) atoms. The Bertz CT molecular complexity index is 728.